The van der Waals surface area contributed by atoms with E-state index in [0.717, 1.165) is 23.5 Å². The average molecular weight is 381 g/mol. The third kappa shape index (κ3) is 4.70. The molecule has 0 aliphatic heterocycles. The number of hydroxylamine groups is 2. The Morgan fingerprint density at radius 1 is 1.33 bits per heavy atom. The maximum atomic E-state index is 13.0. The van der Waals surface area contributed by atoms with Crippen molar-refractivity contribution in [3.63, 3.8) is 0 Å². The average Bonchev–Trinajstić information content (AvgIpc) is 2.72. The van der Waals surface area contributed by atoms with Crippen molar-refractivity contribution in [1.29, 1.82) is 0 Å². The Morgan fingerprint density at radius 3 is 2.63 bits per heavy atom. The second kappa shape index (κ2) is 10.1. The minimum atomic E-state index is -2.29. The molecule has 1 amide bonds. The van der Waals surface area contributed by atoms with Crippen molar-refractivity contribution < 1.29 is 9.63 Å². The fourth-order valence-corrected chi connectivity index (χ4v) is 7.08. The minimum Gasteiger partial charge on any atom is -0.274 e. The van der Waals surface area contributed by atoms with Gasteiger partial charge in [0.1, 0.15) is 0 Å². The lowest BCUT2D eigenvalue weighted by Gasteiger charge is -2.31. The summed E-state index contributed by atoms with van der Waals surface area (Å²) in [5.41, 5.74) is 3.25. The van der Waals surface area contributed by atoms with Crippen LogP contribution in [0.4, 0.5) is 0 Å². The summed E-state index contributed by atoms with van der Waals surface area (Å²) in [4.78, 5) is 18.1. The normalized spacial score (nSPS) is 16.1. The summed E-state index contributed by atoms with van der Waals surface area (Å²) < 4.78 is 0. The van der Waals surface area contributed by atoms with Gasteiger partial charge in [-0.15, -0.1) is 5.73 Å². The summed E-state index contributed by atoms with van der Waals surface area (Å²) in [6.45, 7) is 1.84. The van der Waals surface area contributed by atoms with Crippen LogP contribution in [0.25, 0.3) is 0 Å². The van der Waals surface area contributed by atoms with E-state index in [1.165, 1.54) is 17.5 Å². The number of hydrogen-bond acceptors (Lipinski definition) is 2. The highest BCUT2D eigenvalue weighted by molar-refractivity contribution is 7.90. The maximum Gasteiger partial charge on any atom is 0.270 e. The monoisotopic (exact) mass is 381 g/mol. The second-order valence-electron chi connectivity index (χ2n) is 6.12. The fourth-order valence-electron chi connectivity index (χ4n) is 3.08. The van der Waals surface area contributed by atoms with Gasteiger partial charge in [0.15, 0.2) is 0 Å². The van der Waals surface area contributed by atoms with E-state index in [2.05, 4.69) is 43.0 Å². The predicted octanol–water partition coefficient (Wildman–Crippen LogP) is 5.02. The zero-order valence-corrected chi connectivity index (χ0v) is 17.4. The molecule has 1 aromatic carbocycles. The Kier molecular flexibility index (Phi) is 7.88. The highest BCUT2D eigenvalue weighted by Crippen LogP contribution is 2.62. The van der Waals surface area contributed by atoms with Gasteiger partial charge in [0, 0.05) is 12.8 Å². The molecule has 3 nitrogen and oxygen atoms in total. The largest absolute Gasteiger partial charge is 0.274 e. The highest BCUT2D eigenvalue weighted by atomic mass is 31.2. The summed E-state index contributed by atoms with van der Waals surface area (Å²) in [6.07, 6.45) is 14.3. The molecule has 1 aromatic rings. The van der Waals surface area contributed by atoms with Crippen LogP contribution in [-0.4, -0.2) is 30.9 Å². The molecule has 1 unspecified atom stereocenters. The van der Waals surface area contributed by atoms with Gasteiger partial charge in [-0.25, -0.2) is 5.06 Å². The predicted molar refractivity (Wildman–Crippen MR) is 117 cm³/mol. The molecule has 0 fully saturated rings. The molecular weight excluding hydrogens is 353 g/mol. The van der Waals surface area contributed by atoms with E-state index < -0.39 is 6.89 Å². The molecule has 142 valence electrons. The van der Waals surface area contributed by atoms with E-state index in [0.29, 0.717) is 0 Å². The van der Waals surface area contributed by atoms with Crippen LogP contribution in [0.2, 0.25) is 0 Å². The Balaban J connectivity index is 2.93. The van der Waals surface area contributed by atoms with Gasteiger partial charge in [0.2, 0.25) is 0 Å². The van der Waals surface area contributed by atoms with Crippen LogP contribution in [0.15, 0.2) is 83.1 Å². The van der Waals surface area contributed by atoms with Gasteiger partial charge in [-0.05, 0) is 54.7 Å². The van der Waals surface area contributed by atoms with Crippen molar-refractivity contribution in [3.05, 3.63) is 83.1 Å². The molecule has 0 N–H and O–H groups in total. The van der Waals surface area contributed by atoms with E-state index in [9.17, 15) is 4.79 Å². The minimum absolute atomic E-state index is 0.148. The van der Waals surface area contributed by atoms with Crippen LogP contribution >= 0.6 is 6.89 Å². The van der Waals surface area contributed by atoms with Crippen molar-refractivity contribution in [2.24, 2.45) is 0 Å². The molecule has 0 radical (unpaired) electrons. The lowest BCUT2D eigenvalue weighted by molar-refractivity contribution is -0.159. The third-order valence-corrected chi connectivity index (χ3v) is 8.40. The summed E-state index contributed by atoms with van der Waals surface area (Å²) in [5.74, 6) is 1.72. The number of rotatable bonds is 7. The highest BCUT2D eigenvalue weighted by Gasteiger charge is 2.29. The van der Waals surface area contributed by atoms with Crippen molar-refractivity contribution in [1.82, 2.24) is 5.06 Å². The molecule has 0 spiro atoms. The smallest absolute Gasteiger partial charge is 0.270 e. The van der Waals surface area contributed by atoms with Gasteiger partial charge in [0.25, 0.3) is 5.91 Å². The zero-order chi connectivity index (χ0) is 19.7. The fraction of sp³-hybridized carbons (Fsp3) is 0.261. The number of allylic oxidation sites excluding steroid dienone is 7. The number of benzene rings is 1. The lowest BCUT2D eigenvalue weighted by atomic mass is 10.3. The van der Waals surface area contributed by atoms with Crippen molar-refractivity contribution >= 4 is 23.9 Å². The van der Waals surface area contributed by atoms with E-state index in [1.54, 1.807) is 7.05 Å². The van der Waals surface area contributed by atoms with E-state index in [4.69, 9.17) is 4.84 Å². The van der Waals surface area contributed by atoms with Crippen molar-refractivity contribution in [2.75, 3.05) is 14.2 Å². The first-order valence-electron chi connectivity index (χ1n) is 9.17. The second-order valence-corrected chi connectivity index (χ2v) is 9.38. The van der Waals surface area contributed by atoms with Gasteiger partial charge in [0.05, 0.1) is 7.11 Å². The summed E-state index contributed by atoms with van der Waals surface area (Å²) >= 11 is 0. The molecule has 0 saturated carbocycles. The number of carbonyl (C=O) groups is 1. The Labute approximate surface area is 163 Å². The van der Waals surface area contributed by atoms with Crippen LogP contribution < -0.4 is 5.30 Å². The van der Waals surface area contributed by atoms with Gasteiger partial charge < -0.3 is 0 Å². The maximum absolute atomic E-state index is 13.0. The summed E-state index contributed by atoms with van der Waals surface area (Å²) in [6, 6.07) is 10.3. The van der Waals surface area contributed by atoms with Gasteiger partial charge in [-0.2, -0.15) is 0 Å². The molecule has 0 bridgehead atoms. The Hall–Kier alpha value is -2.31. The molecule has 0 aromatic heterocycles. The number of hydrogen-bond donors (Lipinski definition) is 0. The van der Waals surface area contributed by atoms with E-state index >= 15 is 0 Å². The zero-order valence-electron chi connectivity index (χ0n) is 16.6. The number of carbonyl (C=O) groups excluding carboxylic acids is 1. The molecular formula is C23H28NO2P. The SMILES string of the molecule is C/C=C\C(=C/CC)P(=CC(=O)N(C)OC)(C1=CCC=C=C1)c1ccccc1. The standard InChI is InChI=1S/C23H28NO2P/c1-5-13-20(14-6-2)27(19-23(25)24(3)26-4,21-15-9-7-10-16-21)22-17-11-8-12-18-22/h5,7-10,13-19H,6,11H2,1-4H3/b13-5-,20-14+. The molecule has 4 heteroatoms. The van der Waals surface area contributed by atoms with Crippen LogP contribution in [-0.2, 0) is 9.63 Å². The first-order chi connectivity index (χ1) is 13.1. The van der Waals surface area contributed by atoms with Crippen LogP contribution in [0, 0.1) is 0 Å². The van der Waals surface area contributed by atoms with Crippen LogP contribution in [0.5, 0.6) is 0 Å². The topological polar surface area (TPSA) is 29.5 Å². The van der Waals surface area contributed by atoms with Gasteiger partial charge in [-0.3, -0.25) is 9.63 Å². The Bertz CT molecular complexity index is 869. The van der Waals surface area contributed by atoms with E-state index in [1.807, 2.05) is 49.1 Å². The first kappa shape index (κ1) is 21.0. The molecule has 0 saturated heterocycles. The number of amides is 1. The molecule has 1 aliphatic carbocycles. The van der Waals surface area contributed by atoms with Gasteiger partial charge in [-0.1, -0.05) is 61.6 Å². The summed E-state index contributed by atoms with van der Waals surface area (Å²) in [5, 5.41) is 4.74. The van der Waals surface area contributed by atoms with Crippen molar-refractivity contribution in [2.45, 2.75) is 26.7 Å². The van der Waals surface area contributed by atoms with E-state index in [-0.39, 0.29) is 5.91 Å². The Morgan fingerprint density at radius 2 is 2.07 bits per heavy atom. The number of nitrogens with zero attached hydrogens (tertiary/aromatic N) is 1. The van der Waals surface area contributed by atoms with Gasteiger partial charge >= 0.3 is 0 Å². The first-order valence-corrected chi connectivity index (χ1v) is 11.0. The van der Waals surface area contributed by atoms with Crippen LogP contribution in [0.1, 0.15) is 26.7 Å². The lowest BCUT2D eigenvalue weighted by Crippen LogP contribution is -2.28. The third-order valence-electron chi connectivity index (χ3n) is 4.41. The molecule has 0 heterocycles. The molecule has 1 aliphatic rings. The van der Waals surface area contributed by atoms with Crippen LogP contribution in [0.3, 0.4) is 0 Å². The molecule has 1 atom stereocenters. The molecule has 2 rings (SSSR count). The quantitative estimate of drug-likeness (QED) is 0.287. The summed E-state index contributed by atoms with van der Waals surface area (Å²) in [7, 11) is 3.15. The van der Waals surface area contributed by atoms with Crippen molar-refractivity contribution in [3.8, 4) is 0 Å². The molecule has 27 heavy (non-hydrogen) atoms.